The van der Waals surface area contributed by atoms with Crippen molar-refractivity contribution in [1.82, 2.24) is 9.97 Å². The average Bonchev–Trinajstić information content (AvgIpc) is 3.07. The van der Waals surface area contributed by atoms with Gasteiger partial charge in [-0.05, 0) is 29.8 Å². The number of H-pyrrole nitrogens is 1. The summed E-state index contributed by atoms with van der Waals surface area (Å²) in [4.78, 5) is 18.6. The van der Waals surface area contributed by atoms with Crippen LogP contribution in [0.5, 0.6) is 0 Å². The summed E-state index contributed by atoms with van der Waals surface area (Å²) in [5, 5.41) is 3.42. The second-order valence-electron chi connectivity index (χ2n) is 6.19. The first-order valence-corrected chi connectivity index (χ1v) is 8.32. The van der Waals surface area contributed by atoms with E-state index in [2.05, 4.69) is 15.3 Å². The molecule has 0 unspecified atom stereocenters. The lowest BCUT2D eigenvalue weighted by atomic mass is 10.0. The molecule has 0 aliphatic carbocycles. The van der Waals surface area contributed by atoms with E-state index < -0.39 is 11.6 Å². The van der Waals surface area contributed by atoms with Crippen LogP contribution in [-0.4, -0.2) is 15.9 Å². The molecular formula is C21H15F2N3O. The van der Waals surface area contributed by atoms with Crippen molar-refractivity contribution in [2.45, 2.75) is 6.92 Å². The Hall–Kier alpha value is -3.54. The van der Waals surface area contributed by atoms with Crippen molar-refractivity contribution in [3.05, 3.63) is 72.6 Å². The molecule has 6 heteroatoms. The van der Waals surface area contributed by atoms with E-state index >= 15 is 0 Å². The van der Waals surface area contributed by atoms with Gasteiger partial charge < -0.3 is 10.3 Å². The van der Waals surface area contributed by atoms with E-state index in [-0.39, 0.29) is 11.5 Å². The van der Waals surface area contributed by atoms with Gasteiger partial charge in [-0.25, -0.2) is 13.8 Å². The fourth-order valence-corrected chi connectivity index (χ4v) is 3.08. The van der Waals surface area contributed by atoms with Gasteiger partial charge in [-0.2, -0.15) is 0 Å². The number of hydrogen-bond donors (Lipinski definition) is 2. The molecule has 2 heterocycles. The normalized spacial score (nSPS) is 10.9. The summed E-state index contributed by atoms with van der Waals surface area (Å²) in [6.07, 6.45) is 3.31. The third-order valence-electron chi connectivity index (χ3n) is 4.29. The highest BCUT2D eigenvalue weighted by molar-refractivity contribution is 5.96. The lowest BCUT2D eigenvalue weighted by molar-refractivity contribution is -0.114. The maximum atomic E-state index is 14.2. The smallest absolute Gasteiger partial charge is 0.221 e. The standard InChI is InChI=1S/C21H15F2N3O/c1-12(27)26-15-5-2-4-13(8-15)14-9-17-18(11-25-21(17)24-10-14)16-6-3-7-19(22)20(16)23/h2-11H,1H3,(H,24,25)(H,26,27). The molecule has 0 aliphatic rings. The number of rotatable bonds is 3. The molecule has 0 bridgehead atoms. The van der Waals surface area contributed by atoms with Crippen LogP contribution in [0.2, 0.25) is 0 Å². The first kappa shape index (κ1) is 16.9. The van der Waals surface area contributed by atoms with Gasteiger partial charge in [0.05, 0.1) is 0 Å². The van der Waals surface area contributed by atoms with Gasteiger partial charge in [0, 0.05) is 47.1 Å². The fraction of sp³-hybridized carbons (Fsp3) is 0.0476. The van der Waals surface area contributed by atoms with Crippen molar-refractivity contribution < 1.29 is 13.6 Å². The van der Waals surface area contributed by atoms with Crippen LogP contribution in [0.3, 0.4) is 0 Å². The van der Waals surface area contributed by atoms with Gasteiger partial charge in [0.25, 0.3) is 0 Å². The molecule has 0 fully saturated rings. The Labute approximate surface area is 153 Å². The number of pyridine rings is 1. The van der Waals surface area contributed by atoms with Gasteiger partial charge in [-0.15, -0.1) is 0 Å². The van der Waals surface area contributed by atoms with E-state index in [1.54, 1.807) is 18.5 Å². The van der Waals surface area contributed by atoms with Crippen LogP contribution in [0.25, 0.3) is 33.3 Å². The monoisotopic (exact) mass is 363 g/mol. The highest BCUT2D eigenvalue weighted by Crippen LogP contribution is 2.33. The topological polar surface area (TPSA) is 57.8 Å². The summed E-state index contributed by atoms with van der Waals surface area (Å²) in [7, 11) is 0. The fourth-order valence-electron chi connectivity index (χ4n) is 3.08. The summed E-state index contributed by atoms with van der Waals surface area (Å²) in [6.45, 7) is 1.44. The molecule has 0 saturated heterocycles. The second kappa shape index (κ2) is 6.64. The number of nitrogens with zero attached hydrogens (tertiary/aromatic N) is 1. The minimum absolute atomic E-state index is 0.157. The molecule has 0 spiro atoms. The van der Waals surface area contributed by atoms with Gasteiger partial charge in [0.2, 0.25) is 5.91 Å². The van der Waals surface area contributed by atoms with Crippen molar-refractivity contribution in [2.75, 3.05) is 5.32 Å². The van der Waals surface area contributed by atoms with E-state index in [0.29, 0.717) is 22.3 Å². The zero-order valence-electron chi connectivity index (χ0n) is 14.4. The minimum Gasteiger partial charge on any atom is -0.346 e. The van der Waals surface area contributed by atoms with Crippen LogP contribution in [0.4, 0.5) is 14.5 Å². The number of anilines is 1. The maximum Gasteiger partial charge on any atom is 0.221 e. The predicted octanol–water partition coefficient (Wildman–Crippen LogP) is 5.13. The Kier molecular flexibility index (Phi) is 4.16. The number of carbonyl (C=O) groups is 1. The zero-order chi connectivity index (χ0) is 19.0. The van der Waals surface area contributed by atoms with Crippen LogP contribution in [0.1, 0.15) is 6.92 Å². The van der Waals surface area contributed by atoms with E-state index in [1.165, 1.54) is 19.1 Å². The molecule has 0 radical (unpaired) electrons. The van der Waals surface area contributed by atoms with Crippen LogP contribution >= 0.6 is 0 Å². The second-order valence-corrected chi connectivity index (χ2v) is 6.19. The van der Waals surface area contributed by atoms with E-state index in [4.69, 9.17) is 0 Å². The number of fused-ring (bicyclic) bond motifs is 1. The van der Waals surface area contributed by atoms with Crippen LogP contribution in [0, 0.1) is 11.6 Å². The minimum atomic E-state index is -0.894. The molecule has 0 saturated carbocycles. The Balaban J connectivity index is 1.83. The SMILES string of the molecule is CC(=O)Nc1cccc(-c2cnc3[nH]cc(-c4cccc(F)c4F)c3c2)c1. The highest BCUT2D eigenvalue weighted by atomic mass is 19.2. The summed E-state index contributed by atoms with van der Waals surface area (Å²) >= 11 is 0. The average molecular weight is 363 g/mol. The number of halogens is 2. The Morgan fingerprint density at radius 3 is 2.67 bits per heavy atom. The number of aromatic amines is 1. The van der Waals surface area contributed by atoms with Gasteiger partial charge >= 0.3 is 0 Å². The molecule has 2 N–H and O–H groups in total. The van der Waals surface area contributed by atoms with Crippen LogP contribution in [-0.2, 0) is 4.79 Å². The van der Waals surface area contributed by atoms with E-state index in [9.17, 15) is 13.6 Å². The van der Waals surface area contributed by atoms with Gasteiger partial charge in [0.1, 0.15) is 5.65 Å². The molecular weight excluding hydrogens is 348 g/mol. The number of benzene rings is 2. The van der Waals surface area contributed by atoms with Gasteiger partial charge in [-0.3, -0.25) is 4.79 Å². The van der Waals surface area contributed by atoms with Gasteiger partial charge in [0.15, 0.2) is 11.6 Å². The lowest BCUT2D eigenvalue weighted by Crippen LogP contribution is -2.05. The van der Waals surface area contributed by atoms with Crippen LogP contribution < -0.4 is 5.32 Å². The molecule has 0 aliphatic heterocycles. The lowest BCUT2D eigenvalue weighted by Gasteiger charge is -2.07. The number of carbonyl (C=O) groups excluding carboxylic acids is 1. The predicted molar refractivity (Wildman–Crippen MR) is 101 cm³/mol. The first-order chi connectivity index (χ1) is 13.0. The van der Waals surface area contributed by atoms with Crippen LogP contribution in [0.15, 0.2) is 60.9 Å². The van der Waals surface area contributed by atoms with Crippen molar-refractivity contribution in [1.29, 1.82) is 0 Å². The van der Waals surface area contributed by atoms with Crippen molar-refractivity contribution in [3.63, 3.8) is 0 Å². The molecule has 27 heavy (non-hydrogen) atoms. The number of amides is 1. The van der Waals surface area contributed by atoms with Gasteiger partial charge in [-0.1, -0.05) is 24.3 Å². The number of hydrogen-bond acceptors (Lipinski definition) is 2. The molecule has 4 nitrogen and oxygen atoms in total. The molecule has 2 aromatic carbocycles. The molecule has 134 valence electrons. The molecule has 4 rings (SSSR count). The van der Waals surface area contributed by atoms with Crippen molar-refractivity contribution in [3.8, 4) is 22.3 Å². The Bertz CT molecular complexity index is 1170. The van der Waals surface area contributed by atoms with E-state index in [0.717, 1.165) is 17.2 Å². The molecule has 1 amide bonds. The summed E-state index contributed by atoms with van der Waals surface area (Å²) in [5.74, 6) is -1.94. The number of nitrogens with one attached hydrogen (secondary N) is 2. The summed E-state index contributed by atoms with van der Waals surface area (Å²) in [5.41, 5.74) is 3.61. The maximum absolute atomic E-state index is 14.2. The largest absolute Gasteiger partial charge is 0.346 e. The highest BCUT2D eigenvalue weighted by Gasteiger charge is 2.15. The van der Waals surface area contributed by atoms with E-state index in [1.807, 2.05) is 24.3 Å². The van der Waals surface area contributed by atoms with Crippen molar-refractivity contribution in [2.24, 2.45) is 0 Å². The molecule has 4 aromatic rings. The molecule has 0 atom stereocenters. The third kappa shape index (κ3) is 3.17. The number of aromatic nitrogens is 2. The summed E-state index contributed by atoms with van der Waals surface area (Å²) < 4.78 is 27.9. The zero-order valence-corrected chi connectivity index (χ0v) is 14.4. The quantitative estimate of drug-likeness (QED) is 0.530. The Morgan fingerprint density at radius 2 is 1.85 bits per heavy atom. The Morgan fingerprint density at radius 1 is 1.04 bits per heavy atom. The third-order valence-corrected chi connectivity index (χ3v) is 4.29. The van der Waals surface area contributed by atoms with Crippen molar-refractivity contribution >= 4 is 22.6 Å². The molecule has 2 aromatic heterocycles. The first-order valence-electron chi connectivity index (χ1n) is 8.32. The summed E-state index contributed by atoms with van der Waals surface area (Å²) in [6, 6.07) is 13.3.